The summed E-state index contributed by atoms with van der Waals surface area (Å²) in [6.07, 6.45) is 3.25. The van der Waals surface area contributed by atoms with E-state index < -0.39 is 0 Å². The Labute approximate surface area is 118 Å². The minimum Gasteiger partial charge on any atom is -0.393 e. The zero-order valence-corrected chi connectivity index (χ0v) is 12.0. The zero-order valence-electron chi connectivity index (χ0n) is 10.5. The van der Waals surface area contributed by atoms with Gasteiger partial charge in [-0.15, -0.1) is 0 Å². The Balaban J connectivity index is 2.43. The van der Waals surface area contributed by atoms with E-state index in [1.54, 1.807) is 0 Å². The first-order chi connectivity index (χ1) is 8.45. The van der Waals surface area contributed by atoms with Gasteiger partial charge in [-0.2, -0.15) is 0 Å². The van der Waals surface area contributed by atoms with Crippen LogP contribution in [0.4, 0.5) is 0 Å². The van der Waals surface area contributed by atoms with Crippen LogP contribution in [0.3, 0.4) is 0 Å². The van der Waals surface area contributed by atoms with Crippen LogP contribution in [-0.2, 0) is 5.41 Å². The SMILES string of the molecule is CC(N)[C@]1(c2ccc(Cl)c(Cl)c2)CCC[C@H](O)C1. The second-order valence-corrected chi connectivity index (χ2v) is 6.14. The van der Waals surface area contributed by atoms with Gasteiger partial charge in [-0.3, -0.25) is 0 Å². The van der Waals surface area contributed by atoms with Crippen LogP contribution in [0, 0.1) is 0 Å². The van der Waals surface area contributed by atoms with Gasteiger partial charge in [-0.1, -0.05) is 29.3 Å². The number of benzene rings is 1. The van der Waals surface area contributed by atoms with Crippen LogP contribution in [0.2, 0.25) is 10.0 Å². The smallest absolute Gasteiger partial charge is 0.0595 e. The number of aliphatic hydroxyl groups is 1. The molecule has 0 aliphatic heterocycles. The lowest BCUT2D eigenvalue weighted by atomic mass is 9.65. The Kier molecular flexibility index (Phi) is 4.22. The molecule has 1 saturated carbocycles. The molecule has 4 heteroatoms. The molecule has 0 amide bonds. The number of halogens is 2. The maximum absolute atomic E-state index is 9.96. The van der Waals surface area contributed by atoms with E-state index >= 15 is 0 Å². The van der Waals surface area contributed by atoms with Crippen LogP contribution in [0.1, 0.15) is 38.2 Å². The first-order valence-corrected chi connectivity index (χ1v) is 7.10. The molecule has 1 aliphatic carbocycles. The van der Waals surface area contributed by atoms with Crippen molar-refractivity contribution in [3.05, 3.63) is 33.8 Å². The number of hydrogen-bond acceptors (Lipinski definition) is 2. The standard InChI is InChI=1S/C14H19Cl2NO/c1-9(17)14(6-2-3-11(18)8-14)10-4-5-12(15)13(16)7-10/h4-5,7,9,11,18H,2-3,6,8,17H2,1H3/t9?,11-,14-/m0/s1. The molecule has 18 heavy (non-hydrogen) atoms. The second-order valence-electron chi connectivity index (χ2n) is 5.32. The van der Waals surface area contributed by atoms with E-state index in [0.29, 0.717) is 16.5 Å². The van der Waals surface area contributed by atoms with Crippen LogP contribution in [0.15, 0.2) is 18.2 Å². The minimum atomic E-state index is -0.279. The van der Waals surface area contributed by atoms with Gasteiger partial charge in [0.2, 0.25) is 0 Å². The fraction of sp³-hybridized carbons (Fsp3) is 0.571. The summed E-state index contributed by atoms with van der Waals surface area (Å²) in [7, 11) is 0. The van der Waals surface area contributed by atoms with Crippen molar-refractivity contribution in [2.45, 2.75) is 50.2 Å². The quantitative estimate of drug-likeness (QED) is 0.874. The lowest BCUT2D eigenvalue weighted by Crippen LogP contribution is -2.48. The molecule has 0 radical (unpaired) electrons. The van der Waals surface area contributed by atoms with Crippen LogP contribution in [-0.4, -0.2) is 17.3 Å². The third-order valence-electron chi connectivity index (χ3n) is 4.13. The van der Waals surface area contributed by atoms with Crippen LogP contribution in [0.25, 0.3) is 0 Å². The molecule has 1 aromatic rings. The summed E-state index contributed by atoms with van der Waals surface area (Å²) in [5.74, 6) is 0. The predicted octanol–water partition coefficient (Wildman–Crippen LogP) is 3.51. The molecule has 0 aromatic heterocycles. The molecule has 0 spiro atoms. The monoisotopic (exact) mass is 287 g/mol. The van der Waals surface area contributed by atoms with Crippen LogP contribution in [0.5, 0.6) is 0 Å². The van der Waals surface area contributed by atoms with E-state index in [4.69, 9.17) is 28.9 Å². The van der Waals surface area contributed by atoms with Crippen molar-refractivity contribution in [2.75, 3.05) is 0 Å². The van der Waals surface area contributed by atoms with Crippen molar-refractivity contribution in [1.29, 1.82) is 0 Å². The van der Waals surface area contributed by atoms with Gasteiger partial charge in [-0.05, 0) is 50.3 Å². The Bertz CT molecular complexity index is 436. The molecule has 100 valence electrons. The van der Waals surface area contributed by atoms with Crippen LogP contribution >= 0.6 is 23.2 Å². The van der Waals surface area contributed by atoms with Crippen molar-refractivity contribution in [3.8, 4) is 0 Å². The normalized spacial score (nSPS) is 30.2. The van der Waals surface area contributed by atoms with Crippen molar-refractivity contribution < 1.29 is 5.11 Å². The lowest BCUT2D eigenvalue weighted by Gasteiger charge is -2.43. The van der Waals surface area contributed by atoms with Gasteiger partial charge in [0, 0.05) is 11.5 Å². The molecule has 0 heterocycles. The number of rotatable bonds is 2. The highest BCUT2D eigenvalue weighted by atomic mass is 35.5. The van der Waals surface area contributed by atoms with Gasteiger partial charge in [0.05, 0.1) is 16.1 Å². The third kappa shape index (κ3) is 2.53. The summed E-state index contributed by atoms with van der Waals surface area (Å²) in [5, 5.41) is 11.1. The molecule has 3 atom stereocenters. The molecule has 2 rings (SSSR count). The fourth-order valence-electron chi connectivity index (χ4n) is 3.02. The summed E-state index contributed by atoms with van der Waals surface area (Å²) in [6.45, 7) is 2.00. The van der Waals surface area contributed by atoms with Crippen LogP contribution < -0.4 is 5.73 Å². The van der Waals surface area contributed by atoms with E-state index in [0.717, 1.165) is 24.8 Å². The second kappa shape index (κ2) is 5.38. The maximum Gasteiger partial charge on any atom is 0.0595 e. The van der Waals surface area contributed by atoms with E-state index in [-0.39, 0.29) is 17.6 Å². The molecule has 0 bridgehead atoms. The Morgan fingerprint density at radius 1 is 1.39 bits per heavy atom. The van der Waals surface area contributed by atoms with Crippen molar-refractivity contribution >= 4 is 23.2 Å². The number of hydrogen-bond donors (Lipinski definition) is 2. The molecule has 2 nitrogen and oxygen atoms in total. The molecule has 1 aromatic carbocycles. The first-order valence-electron chi connectivity index (χ1n) is 6.35. The summed E-state index contributed by atoms with van der Waals surface area (Å²) in [6, 6.07) is 5.66. The highest BCUT2D eigenvalue weighted by Crippen LogP contribution is 2.43. The van der Waals surface area contributed by atoms with Crippen molar-refractivity contribution in [2.24, 2.45) is 5.73 Å². The van der Waals surface area contributed by atoms with Gasteiger partial charge >= 0.3 is 0 Å². The van der Waals surface area contributed by atoms with Gasteiger partial charge in [-0.25, -0.2) is 0 Å². The number of aliphatic hydroxyl groups excluding tert-OH is 1. The maximum atomic E-state index is 9.96. The highest BCUT2D eigenvalue weighted by molar-refractivity contribution is 6.42. The summed E-state index contributed by atoms with van der Waals surface area (Å²) < 4.78 is 0. The molecule has 1 fully saturated rings. The summed E-state index contributed by atoms with van der Waals surface area (Å²) in [5.41, 5.74) is 7.10. The molecular weight excluding hydrogens is 269 g/mol. The zero-order chi connectivity index (χ0) is 13.3. The van der Waals surface area contributed by atoms with Crippen molar-refractivity contribution in [3.63, 3.8) is 0 Å². The van der Waals surface area contributed by atoms with Gasteiger partial charge < -0.3 is 10.8 Å². The van der Waals surface area contributed by atoms with E-state index in [9.17, 15) is 5.11 Å². The summed E-state index contributed by atoms with van der Waals surface area (Å²) >= 11 is 12.1. The fourth-order valence-corrected chi connectivity index (χ4v) is 3.32. The molecule has 1 unspecified atom stereocenters. The van der Waals surface area contributed by atoms with E-state index in [1.165, 1.54) is 0 Å². The van der Waals surface area contributed by atoms with Gasteiger partial charge in [0.15, 0.2) is 0 Å². The molecule has 3 N–H and O–H groups in total. The molecule has 0 saturated heterocycles. The third-order valence-corrected chi connectivity index (χ3v) is 4.87. The average molecular weight is 288 g/mol. The van der Waals surface area contributed by atoms with E-state index in [1.807, 2.05) is 25.1 Å². The van der Waals surface area contributed by atoms with Crippen molar-refractivity contribution in [1.82, 2.24) is 0 Å². The lowest BCUT2D eigenvalue weighted by molar-refractivity contribution is 0.0754. The topological polar surface area (TPSA) is 46.2 Å². The van der Waals surface area contributed by atoms with E-state index in [2.05, 4.69) is 0 Å². The van der Waals surface area contributed by atoms with Gasteiger partial charge in [0.1, 0.15) is 0 Å². The highest BCUT2D eigenvalue weighted by Gasteiger charge is 2.40. The molecule has 1 aliphatic rings. The number of nitrogens with two attached hydrogens (primary N) is 1. The summed E-state index contributed by atoms with van der Waals surface area (Å²) in [4.78, 5) is 0. The average Bonchev–Trinajstić information content (AvgIpc) is 2.32. The molecular formula is C14H19Cl2NO. The predicted molar refractivity (Wildman–Crippen MR) is 76.3 cm³/mol. The van der Waals surface area contributed by atoms with Gasteiger partial charge in [0.25, 0.3) is 0 Å². The Morgan fingerprint density at radius 2 is 2.11 bits per heavy atom. The minimum absolute atomic E-state index is 0.0234. The largest absolute Gasteiger partial charge is 0.393 e. The Morgan fingerprint density at radius 3 is 2.67 bits per heavy atom. The first kappa shape index (κ1) is 14.1. The Hall–Kier alpha value is -0.280.